The van der Waals surface area contributed by atoms with Gasteiger partial charge in [-0.3, -0.25) is 0 Å². The molecule has 5 rings (SSSR count). The average molecular weight is 424 g/mol. The molecule has 0 N–H and O–H groups in total. The molecule has 4 heterocycles. The van der Waals surface area contributed by atoms with Crippen LogP contribution in [0.1, 0.15) is 11.6 Å². The van der Waals surface area contributed by atoms with Crippen molar-refractivity contribution in [1.82, 2.24) is 29.3 Å². The third-order valence-electron chi connectivity index (χ3n) is 5.55. The number of ether oxygens (including phenoxy) is 1. The first-order chi connectivity index (χ1) is 14.7. The zero-order valence-corrected chi connectivity index (χ0v) is 17.7. The third-order valence-corrected chi connectivity index (χ3v) is 5.85. The van der Waals surface area contributed by atoms with E-state index in [-0.39, 0.29) is 0 Å². The van der Waals surface area contributed by atoms with Crippen LogP contribution < -0.4 is 4.90 Å². The number of halogens is 1. The van der Waals surface area contributed by atoms with E-state index in [1.807, 2.05) is 31.3 Å². The van der Waals surface area contributed by atoms with Gasteiger partial charge in [-0.2, -0.15) is 0 Å². The number of nitrogens with zero attached hydrogens (tertiary/aromatic N) is 7. The Bertz CT molecular complexity index is 1220. The minimum Gasteiger partial charge on any atom is -0.384 e. The largest absolute Gasteiger partial charge is 0.384 e. The van der Waals surface area contributed by atoms with Crippen molar-refractivity contribution < 1.29 is 4.74 Å². The number of hydrogen-bond acceptors (Lipinski definition) is 6. The van der Waals surface area contributed by atoms with Crippen molar-refractivity contribution >= 4 is 28.5 Å². The second-order valence-corrected chi connectivity index (χ2v) is 7.76. The second kappa shape index (κ2) is 7.70. The highest BCUT2D eigenvalue weighted by Gasteiger charge is 2.23. The first-order valence-corrected chi connectivity index (χ1v) is 10.3. The molecule has 0 radical (unpaired) electrons. The van der Waals surface area contributed by atoms with Crippen molar-refractivity contribution in [3.8, 4) is 11.4 Å². The topological polar surface area (TPSA) is 73.9 Å². The van der Waals surface area contributed by atoms with Crippen molar-refractivity contribution in [2.24, 2.45) is 7.05 Å². The van der Waals surface area contributed by atoms with Crippen molar-refractivity contribution in [3.63, 3.8) is 0 Å². The molecule has 0 amide bonds. The molecule has 8 nitrogen and oxygen atoms in total. The van der Waals surface area contributed by atoms with E-state index in [1.165, 1.54) is 0 Å². The van der Waals surface area contributed by atoms with E-state index in [2.05, 4.69) is 35.3 Å². The summed E-state index contributed by atoms with van der Waals surface area (Å²) in [5.74, 6) is 3.59. The van der Waals surface area contributed by atoms with Gasteiger partial charge < -0.3 is 18.8 Å². The third kappa shape index (κ3) is 3.22. The lowest BCUT2D eigenvalue weighted by atomic mass is 10.2. The average Bonchev–Trinajstić information content (AvgIpc) is 3.33. The van der Waals surface area contributed by atoms with Crippen LogP contribution in [0.25, 0.3) is 22.4 Å². The van der Waals surface area contributed by atoms with Gasteiger partial charge in [0, 0.05) is 45.4 Å². The number of imidazole rings is 1. The Morgan fingerprint density at radius 1 is 1.17 bits per heavy atom. The van der Waals surface area contributed by atoms with E-state index in [9.17, 15) is 0 Å². The number of aromatic nitrogens is 6. The minimum absolute atomic E-state index is 0.583. The molecule has 154 valence electrons. The zero-order valence-electron chi connectivity index (χ0n) is 16.9. The standard InChI is InChI=1S/C21H22ClN7O/c1-27-17-6-4-3-5-16(17)24-21(27)14-11-19(23-12-15(14)22)28-8-9-29-18(7-10-30-2)25-26-20(29)13-28/h3-6,11-12H,7-10,13H2,1-2H3. The number of para-hydroxylation sites is 2. The van der Waals surface area contributed by atoms with E-state index in [4.69, 9.17) is 21.3 Å². The summed E-state index contributed by atoms with van der Waals surface area (Å²) in [5.41, 5.74) is 2.88. The molecule has 0 unspecified atom stereocenters. The van der Waals surface area contributed by atoms with Crippen molar-refractivity contribution in [2.75, 3.05) is 25.2 Å². The van der Waals surface area contributed by atoms with Gasteiger partial charge in [-0.05, 0) is 18.2 Å². The summed E-state index contributed by atoms with van der Waals surface area (Å²) in [6, 6.07) is 10.1. The molecule has 0 aliphatic carbocycles. The number of fused-ring (bicyclic) bond motifs is 2. The van der Waals surface area contributed by atoms with Gasteiger partial charge in [0.1, 0.15) is 17.5 Å². The van der Waals surface area contributed by atoms with Crippen LogP contribution in [0.5, 0.6) is 0 Å². The Hall–Kier alpha value is -2.97. The van der Waals surface area contributed by atoms with Gasteiger partial charge in [0.2, 0.25) is 0 Å². The summed E-state index contributed by atoms with van der Waals surface area (Å²) in [5, 5.41) is 9.28. The highest BCUT2D eigenvalue weighted by atomic mass is 35.5. The lowest BCUT2D eigenvalue weighted by molar-refractivity contribution is 0.199. The van der Waals surface area contributed by atoms with E-state index >= 15 is 0 Å². The van der Waals surface area contributed by atoms with Gasteiger partial charge >= 0.3 is 0 Å². The Labute approximate surface area is 179 Å². The maximum absolute atomic E-state index is 6.53. The molecule has 1 aliphatic heterocycles. The van der Waals surface area contributed by atoms with Crippen LogP contribution in [0, 0.1) is 0 Å². The van der Waals surface area contributed by atoms with E-state index in [0.29, 0.717) is 18.2 Å². The second-order valence-electron chi connectivity index (χ2n) is 7.35. The smallest absolute Gasteiger partial charge is 0.152 e. The number of aryl methyl sites for hydroxylation is 1. The van der Waals surface area contributed by atoms with Gasteiger partial charge in [0.05, 0.1) is 29.2 Å². The number of methoxy groups -OCH3 is 1. The predicted octanol–water partition coefficient (Wildman–Crippen LogP) is 3.09. The number of pyridine rings is 1. The summed E-state index contributed by atoms with van der Waals surface area (Å²) in [7, 11) is 3.70. The van der Waals surface area contributed by atoms with Crippen LogP contribution in [-0.2, 0) is 31.3 Å². The fraction of sp³-hybridized carbons (Fsp3) is 0.333. The van der Waals surface area contributed by atoms with Crippen LogP contribution in [0.4, 0.5) is 5.82 Å². The summed E-state index contributed by atoms with van der Waals surface area (Å²) in [6.07, 6.45) is 2.47. The van der Waals surface area contributed by atoms with Crippen LogP contribution >= 0.6 is 11.6 Å². The van der Waals surface area contributed by atoms with Crippen molar-refractivity contribution in [1.29, 1.82) is 0 Å². The molecular formula is C21H22ClN7O. The Morgan fingerprint density at radius 2 is 2.03 bits per heavy atom. The van der Waals surface area contributed by atoms with Gasteiger partial charge in [0.25, 0.3) is 0 Å². The fourth-order valence-corrected chi connectivity index (χ4v) is 4.14. The lowest BCUT2D eigenvalue weighted by Crippen LogP contribution is -2.35. The number of benzene rings is 1. The number of anilines is 1. The molecular weight excluding hydrogens is 402 g/mol. The Morgan fingerprint density at radius 3 is 2.87 bits per heavy atom. The number of rotatable bonds is 5. The van der Waals surface area contributed by atoms with Crippen molar-refractivity contribution in [2.45, 2.75) is 19.5 Å². The molecule has 1 aromatic carbocycles. The van der Waals surface area contributed by atoms with E-state index < -0.39 is 0 Å². The van der Waals surface area contributed by atoms with Crippen LogP contribution in [0.2, 0.25) is 5.02 Å². The maximum Gasteiger partial charge on any atom is 0.152 e. The molecule has 0 fully saturated rings. The maximum atomic E-state index is 6.53. The predicted molar refractivity (Wildman–Crippen MR) is 116 cm³/mol. The normalized spacial score (nSPS) is 13.8. The monoisotopic (exact) mass is 423 g/mol. The summed E-state index contributed by atoms with van der Waals surface area (Å²) in [4.78, 5) is 11.6. The van der Waals surface area contributed by atoms with Gasteiger partial charge in [-0.15, -0.1) is 10.2 Å². The SMILES string of the molecule is COCCc1nnc2n1CCN(c1cc(-c3nc4ccccc4n3C)c(Cl)cn1)C2. The minimum atomic E-state index is 0.583. The Kier molecular flexibility index (Phi) is 4.88. The molecule has 0 saturated heterocycles. The molecule has 0 spiro atoms. The summed E-state index contributed by atoms with van der Waals surface area (Å²) >= 11 is 6.53. The van der Waals surface area contributed by atoms with Crippen LogP contribution in [0.3, 0.4) is 0 Å². The molecule has 0 atom stereocenters. The Balaban J connectivity index is 1.47. The molecule has 1 aliphatic rings. The van der Waals surface area contributed by atoms with Gasteiger partial charge in [-0.25, -0.2) is 9.97 Å². The highest BCUT2D eigenvalue weighted by Crippen LogP contribution is 2.32. The molecule has 4 aromatic rings. The first-order valence-electron chi connectivity index (χ1n) is 9.88. The van der Waals surface area contributed by atoms with Gasteiger partial charge in [0.15, 0.2) is 5.82 Å². The van der Waals surface area contributed by atoms with Crippen LogP contribution in [0.15, 0.2) is 36.5 Å². The quantitative estimate of drug-likeness (QED) is 0.491. The summed E-state index contributed by atoms with van der Waals surface area (Å²) in [6.45, 7) is 2.92. The van der Waals surface area contributed by atoms with Crippen molar-refractivity contribution in [3.05, 3.63) is 53.2 Å². The highest BCUT2D eigenvalue weighted by molar-refractivity contribution is 6.33. The first kappa shape index (κ1) is 19.0. The fourth-order valence-electron chi connectivity index (χ4n) is 3.95. The van der Waals surface area contributed by atoms with E-state index in [0.717, 1.165) is 59.4 Å². The lowest BCUT2D eigenvalue weighted by Gasteiger charge is -2.29. The number of hydrogen-bond donors (Lipinski definition) is 0. The molecule has 0 bridgehead atoms. The molecule has 0 saturated carbocycles. The molecule has 9 heteroatoms. The molecule has 3 aromatic heterocycles. The van der Waals surface area contributed by atoms with Crippen LogP contribution in [-0.4, -0.2) is 49.6 Å². The molecule has 30 heavy (non-hydrogen) atoms. The zero-order chi connectivity index (χ0) is 20.7. The summed E-state index contributed by atoms with van der Waals surface area (Å²) < 4.78 is 9.42. The van der Waals surface area contributed by atoms with E-state index in [1.54, 1.807) is 13.3 Å². The van der Waals surface area contributed by atoms with Gasteiger partial charge in [-0.1, -0.05) is 23.7 Å².